The van der Waals surface area contributed by atoms with Gasteiger partial charge in [0.2, 0.25) is 6.79 Å². The number of esters is 1. The van der Waals surface area contributed by atoms with Gasteiger partial charge in [0.05, 0.1) is 5.56 Å². The maximum atomic E-state index is 13.3. The Hall–Kier alpha value is -5.31. The van der Waals surface area contributed by atoms with Gasteiger partial charge < -0.3 is 35.1 Å². The fraction of sp³-hybridized carbons (Fsp3) is 0.269. The molecule has 0 saturated heterocycles. The average Bonchev–Trinajstić information content (AvgIpc) is 3.61. The van der Waals surface area contributed by atoms with Crippen molar-refractivity contribution < 1.29 is 43.3 Å². The number of rotatable bonds is 10. The SMILES string of the molecule is CCCN(C(=O)OCOC(=O)CO)C(=O)c1c[nH]c(C(=Nc2cc(C(=O)Nc3ccon3)ccc2C)[NH+]=CN)c1C. The first-order chi connectivity index (χ1) is 19.7. The van der Waals surface area contributed by atoms with Crippen molar-refractivity contribution in [3.63, 3.8) is 0 Å². The smallest absolute Gasteiger partial charge is 0.419 e. The van der Waals surface area contributed by atoms with Crippen LogP contribution in [-0.2, 0) is 14.3 Å². The summed E-state index contributed by atoms with van der Waals surface area (Å²) in [6.07, 6.45) is 3.31. The molecule has 0 saturated carbocycles. The molecular weight excluding hydrogens is 538 g/mol. The fourth-order valence-electron chi connectivity index (χ4n) is 3.57. The van der Waals surface area contributed by atoms with E-state index in [1.807, 2.05) is 6.92 Å². The number of amides is 3. The van der Waals surface area contributed by atoms with Crippen molar-refractivity contribution >= 4 is 47.6 Å². The summed E-state index contributed by atoms with van der Waals surface area (Å²) in [4.78, 5) is 60.9. The maximum absolute atomic E-state index is 13.3. The summed E-state index contributed by atoms with van der Waals surface area (Å²) in [7, 11) is 0. The van der Waals surface area contributed by atoms with E-state index in [0.717, 1.165) is 16.8 Å². The Kier molecular flexibility index (Phi) is 10.5. The van der Waals surface area contributed by atoms with Crippen LogP contribution in [0, 0.1) is 13.8 Å². The minimum atomic E-state index is -1.02. The fourth-order valence-corrected chi connectivity index (χ4v) is 3.57. The predicted molar refractivity (Wildman–Crippen MR) is 144 cm³/mol. The van der Waals surface area contributed by atoms with E-state index in [4.69, 9.17) is 20.1 Å². The minimum Gasteiger partial charge on any atom is -0.426 e. The molecule has 0 unspecified atom stereocenters. The number of imide groups is 1. The van der Waals surface area contributed by atoms with Crippen molar-refractivity contribution in [3.8, 4) is 0 Å². The summed E-state index contributed by atoms with van der Waals surface area (Å²) in [5.74, 6) is -1.57. The van der Waals surface area contributed by atoms with Crippen LogP contribution in [-0.4, -0.2) is 76.1 Å². The van der Waals surface area contributed by atoms with Gasteiger partial charge >= 0.3 is 12.1 Å². The second kappa shape index (κ2) is 14.2. The molecule has 3 amide bonds. The number of nitrogens with two attached hydrogens (primary N) is 1. The average molecular weight is 569 g/mol. The van der Waals surface area contributed by atoms with E-state index in [9.17, 15) is 19.2 Å². The van der Waals surface area contributed by atoms with E-state index in [2.05, 4.69) is 30.2 Å². The van der Waals surface area contributed by atoms with E-state index in [0.29, 0.717) is 28.9 Å². The first kappa shape index (κ1) is 30.2. The number of nitrogens with one attached hydrogen (secondary N) is 3. The van der Waals surface area contributed by atoms with E-state index < -0.39 is 37.3 Å². The van der Waals surface area contributed by atoms with Gasteiger partial charge in [0, 0.05) is 24.4 Å². The second-order valence-electron chi connectivity index (χ2n) is 8.47. The number of aliphatic hydroxyl groups is 1. The number of benzene rings is 1. The van der Waals surface area contributed by atoms with Crippen molar-refractivity contribution in [1.82, 2.24) is 15.0 Å². The lowest BCUT2D eigenvalue weighted by Crippen LogP contribution is -2.75. The number of H-pyrrole nitrogens is 1. The van der Waals surface area contributed by atoms with Crippen LogP contribution in [0.5, 0.6) is 0 Å². The zero-order chi connectivity index (χ0) is 29.9. The van der Waals surface area contributed by atoms with Crippen LogP contribution >= 0.6 is 0 Å². The lowest BCUT2D eigenvalue weighted by atomic mass is 10.1. The first-order valence-electron chi connectivity index (χ1n) is 12.3. The standard InChI is InChI=1S/C26H29N7O8/c1-4-8-33(26(38)40-14-39-21(35)12-34)25(37)18-11-28-22(16(18)3)23(29-13-27)30-19-10-17(6-5-15(19)2)24(36)31-20-7-9-41-32-20/h5-7,9-11,13,28,34H,4,8,12,14H2,1-3H3,(H2,27,29,30)(H,31,32,36)/p+1. The van der Waals surface area contributed by atoms with Crippen LogP contribution in [0.25, 0.3) is 0 Å². The zero-order valence-corrected chi connectivity index (χ0v) is 22.6. The number of amidine groups is 1. The van der Waals surface area contributed by atoms with Crippen molar-refractivity contribution in [2.75, 3.05) is 25.3 Å². The van der Waals surface area contributed by atoms with Crippen molar-refractivity contribution in [2.24, 2.45) is 10.7 Å². The van der Waals surface area contributed by atoms with Crippen molar-refractivity contribution in [2.45, 2.75) is 27.2 Å². The molecule has 0 fully saturated rings. The molecule has 3 aromatic rings. The highest BCUT2D eigenvalue weighted by molar-refractivity contribution is 6.07. The van der Waals surface area contributed by atoms with Crippen LogP contribution in [0.4, 0.5) is 16.3 Å². The molecule has 0 aliphatic rings. The largest absolute Gasteiger partial charge is 0.426 e. The molecule has 0 spiro atoms. The van der Waals surface area contributed by atoms with E-state index in [1.54, 1.807) is 32.0 Å². The second-order valence-corrected chi connectivity index (χ2v) is 8.47. The lowest BCUT2D eigenvalue weighted by Gasteiger charge is -2.19. The van der Waals surface area contributed by atoms with Gasteiger partial charge in [0.1, 0.15) is 24.3 Å². The Morgan fingerprint density at radius 2 is 2.02 bits per heavy atom. The zero-order valence-electron chi connectivity index (χ0n) is 22.6. The molecule has 0 aliphatic carbocycles. The quantitative estimate of drug-likeness (QED) is 0.0987. The minimum absolute atomic E-state index is 0.0315. The Balaban J connectivity index is 1.89. The Morgan fingerprint density at radius 1 is 1.24 bits per heavy atom. The third kappa shape index (κ3) is 7.63. The lowest BCUT2D eigenvalue weighted by molar-refractivity contribution is -0.309. The van der Waals surface area contributed by atoms with Crippen molar-refractivity contribution in [3.05, 3.63) is 64.7 Å². The number of aromatic nitrogens is 2. The van der Waals surface area contributed by atoms with E-state index in [-0.39, 0.29) is 23.8 Å². The van der Waals surface area contributed by atoms with Gasteiger partial charge in [-0.25, -0.2) is 19.5 Å². The summed E-state index contributed by atoms with van der Waals surface area (Å²) in [5.41, 5.74) is 8.13. The number of carbonyl (C=O) groups excluding carboxylic acids is 4. The maximum Gasteiger partial charge on any atom is 0.419 e. The van der Waals surface area contributed by atoms with Gasteiger partial charge in [0.15, 0.2) is 12.2 Å². The van der Waals surface area contributed by atoms with Gasteiger partial charge in [-0.2, -0.15) is 0 Å². The third-order valence-electron chi connectivity index (χ3n) is 5.65. The number of anilines is 1. The normalized spacial score (nSPS) is 11.4. The summed E-state index contributed by atoms with van der Waals surface area (Å²) >= 11 is 0. The number of nitrogens with zero attached hydrogens (tertiary/aromatic N) is 3. The number of aromatic amines is 1. The van der Waals surface area contributed by atoms with Crippen LogP contribution < -0.4 is 16.0 Å². The Labute approximate surface area is 234 Å². The molecule has 2 heterocycles. The third-order valence-corrected chi connectivity index (χ3v) is 5.65. The highest BCUT2D eigenvalue weighted by Crippen LogP contribution is 2.23. The summed E-state index contributed by atoms with van der Waals surface area (Å²) in [6.45, 7) is 3.63. The van der Waals surface area contributed by atoms with Gasteiger partial charge in [-0.3, -0.25) is 9.59 Å². The highest BCUT2D eigenvalue weighted by Gasteiger charge is 2.28. The van der Waals surface area contributed by atoms with Crippen LogP contribution in [0.1, 0.15) is 50.9 Å². The molecule has 2 aromatic heterocycles. The van der Waals surface area contributed by atoms with Gasteiger partial charge in [0.25, 0.3) is 17.6 Å². The number of ether oxygens (including phenoxy) is 2. The summed E-state index contributed by atoms with van der Waals surface area (Å²) in [5, 5.41) is 15.0. The topological polar surface area (TPSA) is 216 Å². The van der Waals surface area contributed by atoms with Crippen LogP contribution in [0.2, 0.25) is 0 Å². The molecule has 1 aromatic carbocycles. The van der Waals surface area contributed by atoms with Crippen LogP contribution in [0.3, 0.4) is 0 Å². The number of aliphatic hydroxyl groups excluding tert-OH is 1. The molecule has 0 bridgehead atoms. The molecule has 3 rings (SSSR count). The molecule has 216 valence electrons. The predicted octanol–water partition coefficient (Wildman–Crippen LogP) is 0.500. The number of carbonyl (C=O) groups is 4. The molecule has 15 nitrogen and oxygen atoms in total. The van der Waals surface area contributed by atoms with Gasteiger partial charge in [-0.15, -0.1) is 4.99 Å². The molecular formula is C26H30N7O8+. The summed E-state index contributed by atoms with van der Waals surface area (Å²) in [6, 6.07) is 6.44. The Bertz CT molecular complexity index is 1460. The number of aliphatic imine (C=N–C) groups is 1. The monoisotopic (exact) mass is 568 g/mol. The molecule has 6 N–H and O–H groups in total. The van der Waals surface area contributed by atoms with E-state index >= 15 is 0 Å². The first-order valence-corrected chi connectivity index (χ1v) is 12.3. The molecule has 41 heavy (non-hydrogen) atoms. The number of hydrogen-bond acceptors (Lipinski definition) is 10. The number of hydrogen-bond donors (Lipinski definition) is 5. The highest BCUT2D eigenvalue weighted by atomic mass is 16.7. The van der Waals surface area contributed by atoms with Gasteiger partial charge in [-0.1, -0.05) is 18.1 Å². The molecule has 0 atom stereocenters. The molecule has 15 heteroatoms. The summed E-state index contributed by atoms with van der Waals surface area (Å²) < 4.78 is 14.1. The number of aryl methyl sites for hydroxylation is 1. The van der Waals surface area contributed by atoms with Crippen LogP contribution in [0.15, 0.2) is 46.2 Å². The molecule has 0 aliphatic heterocycles. The molecule has 0 radical (unpaired) electrons. The van der Waals surface area contributed by atoms with E-state index in [1.165, 1.54) is 18.5 Å². The van der Waals surface area contributed by atoms with Crippen molar-refractivity contribution in [1.29, 1.82) is 0 Å². The Morgan fingerprint density at radius 3 is 2.68 bits per heavy atom. The van der Waals surface area contributed by atoms with Gasteiger partial charge in [-0.05, 0) is 43.5 Å².